The second-order valence-electron chi connectivity index (χ2n) is 3.56. The molecule has 0 bridgehead atoms. The Labute approximate surface area is 73.7 Å². The summed E-state index contributed by atoms with van der Waals surface area (Å²) < 4.78 is 0. The Morgan fingerprint density at radius 1 is 1.58 bits per heavy atom. The van der Waals surface area contributed by atoms with Crippen LogP contribution in [0.3, 0.4) is 0 Å². The van der Waals surface area contributed by atoms with Gasteiger partial charge in [-0.1, -0.05) is 0 Å². The first-order chi connectivity index (χ1) is 5.39. The lowest BCUT2D eigenvalue weighted by atomic mass is 9.96. The molecule has 4 heteroatoms. The molecule has 0 aromatic carbocycles. The molecule has 0 saturated carbocycles. The quantitative estimate of drug-likeness (QED) is 0.480. The number of guanidine groups is 1. The van der Waals surface area contributed by atoms with Gasteiger partial charge in [0.25, 0.3) is 0 Å². The summed E-state index contributed by atoms with van der Waals surface area (Å²) in [7, 11) is 3.64. The highest BCUT2D eigenvalue weighted by molar-refractivity contribution is 5.77. The Kier molecular flexibility index (Phi) is 3.55. The van der Waals surface area contributed by atoms with Crippen LogP contribution in [-0.4, -0.2) is 31.5 Å². The predicted octanol–water partition coefficient (Wildman–Crippen LogP) is 0.412. The Hall–Kier alpha value is -1.24. The number of hydrogen-bond acceptors (Lipinski definition) is 2. The van der Waals surface area contributed by atoms with Crippen LogP contribution in [0.15, 0.2) is 4.99 Å². The van der Waals surface area contributed by atoms with Gasteiger partial charge >= 0.3 is 0 Å². The highest BCUT2D eigenvalue weighted by atomic mass is 15.2. The molecule has 12 heavy (non-hydrogen) atoms. The normalized spacial score (nSPS) is 12.4. The second kappa shape index (κ2) is 3.96. The Bertz CT molecular complexity index is 210. The summed E-state index contributed by atoms with van der Waals surface area (Å²) in [6.07, 6.45) is 0. The third kappa shape index (κ3) is 3.81. The molecule has 68 valence electrons. The Balaban J connectivity index is 4.15. The van der Waals surface area contributed by atoms with E-state index in [0.717, 1.165) is 0 Å². The average Bonchev–Trinajstić information content (AvgIpc) is 2.00. The van der Waals surface area contributed by atoms with E-state index in [4.69, 9.17) is 11.0 Å². The third-order valence-electron chi connectivity index (χ3n) is 1.40. The van der Waals surface area contributed by atoms with Gasteiger partial charge in [-0.2, -0.15) is 5.26 Å². The summed E-state index contributed by atoms with van der Waals surface area (Å²) in [5.74, 6) is 0.457. The van der Waals surface area contributed by atoms with Gasteiger partial charge in [-0.05, 0) is 13.8 Å². The van der Waals surface area contributed by atoms with E-state index in [1.165, 1.54) is 0 Å². The van der Waals surface area contributed by atoms with Crippen LogP contribution in [0.5, 0.6) is 0 Å². The van der Waals surface area contributed by atoms with Crippen molar-refractivity contribution in [2.75, 3.05) is 20.6 Å². The maximum Gasteiger partial charge on any atom is 0.190 e. The van der Waals surface area contributed by atoms with Gasteiger partial charge < -0.3 is 10.6 Å². The molecule has 0 radical (unpaired) electrons. The standard InChI is InChI=1S/C8H16N4/c1-8(2,5-9)6-11-7(10)12(3)4/h6H2,1-4H3,(H2,10,11). The summed E-state index contributed by atoms with van der Waals surface area (Å²) in [6.45, 7) is 4.10. The molecule has 0 fully saturated rings. The van der Waals surface area contributed by atoms with Crippen molar-refractivity contribution in [1.29, 1.82) is 5.26 Å². The molecule has 0 aromatic rings. The first kappa shape index (κ1) is 10.8. The minimum absolute atomic E-state index is 0.430. The molecule has 2 N–H and O–H groups in total. The monoisotopic (exact) mass is 168 g/mol. The van der Waals surface area contributed by atoms with Gasteiger partial charge in [-0.25, -0.2) is 0 Å². The van der Waals surface area contributed by atoms with Gasteiger partial charge in [0.05, 0.1) is 18.0 Å². The molecule has 0 heterocycles. The second-order valence-corrected chi connectivity index (χ2v) is 3.56. The van der Waals surface area contributed by atoms with Crippen LogP contribution in [0.2, 0.25) is 0 Å². The van der Waals surface area contributed by atoms with Gasteiger partial charge in [0, 0.05) is 14.1 Å². The lowest BCUT2D eigenvalue weighted by Crippen LogP contribution is -2.31. The molecule has 0 rings (SSSR count). The van der Waals surface area contributed by atoms with Gasteiger partial charge in [0.2, 0.25) is 0 Å². The molecule has 0 aliphatic heterocycles. The van der Waals surface area contributed by atoms with Crippen molar-refractivity contribution < 1.29 is 0 Å². The first-order valence-electron chi connectivity index (χ1n) is 3.77. The fraction of sp³-hybridized carbons (Fsp3) is 0.750. The van der Waals surface area contributed by atoms with Crippen LogP contribution in [0, 0.1) is 16.7 Å². The topological polar surface area (TPSA) is 65.4 Å². The molecular weight excluding hydrogens is 152 g/mol. The molecule has 0 saturated heterocycles. The lowest BCUT2D eigenvalue weighted by molar-refractivity contribution is 0.503. The van der Waals surface area contributed by atoms with Crippen molar-refractivity contribution in [2.45, 2.75) is 13.8 Å². The maximum atomic E-state index is 8.67. The van der Waals surface area contributed by atoms with E-state index in [2.05, 4.69) is 11.1 Å². The molecule has 0 amide bonds. The summed E-state index contributed by atoms with van der Waals surface area (Å²) >= 11 is 0. The number of aliphatic imine (C=N–C) groups is 1. The van der Waals surface area contributed by atoms with Crippen molar-refractivity contribution >= 4 is 5.96 Å². The zero-order valence-electron chi connectivity index (χ0n) is 8.13. The number of rotatable bonds is 2. The minimum atomic E-state index is -0.430. The van der Waals surface area contributed by atoms with E-state index >= 15 is 0 Å². The summed E-state index contributed by atoms with van der Waals surface area (Å²) in [5.41, 5.74) is 5.11. The van der Waals surface area contributed by atoms with Crippen LogP contribution in [0.4, 0.5) is 0 Å². The van der Waals surface area contributed by atoms with Crippen molar-refractivity contribution in [3.05, 3.63) is 0 Å². The molecule has 0 unspecified atom stereocenters. The van der Waals surface area contributed by atoms with Crippen molar-refractivity contribution in [2.24, 2.45) is 16.1 Å². The lowest BCUT2D eigenvalue weighted by Gasteiger charge is -2.14. The minimum Gasteiger partial charge on any atom is -0.370 e. The van der Waals surface area contributed by atoms with Gasteiger partial charge in [-0.3, -0.25) is 4.99 Å². The summed E-state index contributed by atoms with van der Waals surface area (Å²) in [5, 5.41) is 8.67. The average molecular weight is 168 g/mol. The van der Waals surface area contributed by atoms with Crippen LogP contribution in [-0.2, 0) is 0 Å². The SMILES string of the molecule is CN(C)C(N)=NCC(C)(C)C#N. The van der Waals surface area contributed by atoms with E-state index in [1.54, 1.807) is 4.90 Å². The molecule has 0 atom stereocenters. The Morgan fingerprint density at radius 2 is 2.08 bits per heavy atom. The molecule has 0 aliphatic rings. The van der Waals surface area contributed by atoms with Crippen LogP contribution < -0.4 is 5.73 Å². The van der Waals surface area contributed by atoms with Crippen molar-refractivity contribution in [1.82, 2.24) is 4.90 Å². The van der Waals surface area contributed by atoms with Gasteiger partial charge in [0.15, 0.2) is 5.96 Å². The highest BCUT2D eigenvalue weighted by Gasteiger charge is 2.15. The number of nitriles is 1. The summed E-state index contributed by atoms with van der Waals surface area (Å²) in [6, 6.07) is 2.15. The number of hydrogen-bond donors (Lipinski definition) is 1. The molecule has 0 aliphatic carbocycles. The van der Waals surface area contributed by atoms with Crippen molar-refractivity contribution in [3.8, 4) is 6.07 Å². The maximum absolute atomic E-state index is 8.67. The highest BCUT2D eigenvalue weighted by Crippen LogP contribution is 2.12. The first-order valence-corrected chi connectivity index (χ1v) is 3.77. The van der Waals surface area contributed by atoms with E-state index < -0.39 is 5.41 Å². The zero-order valence-corrected chi connectivity index (χ0v) is 8.13. The molecule has 4 nitrogen and oxygen atoms in total. The fourth-order valence-corrected chi connectivity index (χ4v) is 0.455. The number of nitrogens with two attached hydrogens (primary N) is 1. The van der Waals surface area contributed by atoms with Crippen LogP contribution in [0.1, 0.15) is 13.8 Å². The zero-order chi connectivity index (χ0) is 9.78. The van der Waals surface area contributed by atoms with E-state index in [-0.39, 0.29) is 0 Å². The van der Waals surface area contributed by atoms with Gasteiger partial charge in [0.1, 0.15) is 0 Å². The predicted molar refractivity (Wildman–Crippen MR) is 49.6 cm³/mol. The van der Waals surface area contributed by atoms with Crippen LogP contribution >= 0.6 is 0 Å². The largest absolute Gasteiger partial charge is 0.370 e. The summed E-state index contributed by atoms with van der Waals surface area (Å²) in [4.78, 5) is 5.78. The Morgan fingerprint density at radius 3 is 2.42 bits per heavy atom. The van der Waals surface area contributed by atoms with E-state index in [0.29, 0.717) is 12.5 Å². The van der Waals surface area contributed by atoms with Gasteiger partial charge in [-0.15, -0.1) is 0 Å². The third-order valence-corrected chi connectivity index (χ3v) is 1.40. The van der Waals surface area contributed by atoms with Crippen LogP contribution in [0.25, 0.3) is 0 Å². The fourth-order valence-electron chi connectivity index (χ4n) is 0.455. The van der Waals surface area contributed by atoms with E-state index in [1.807, 2.05) is 27.9 Å². The van der Waals surface area contributed by atoms with Crippen molar-refractivity contribution in [3.63, 3.8) is 0 Å². The molecule has 0 aromatic heterocycles. The van der Waals surface area contributed by atoms with E-state index in [9.17, 15) is 0 Å². The smallest absolute Gasteiger partial charge is 0.190 e. The number of nitrogens with zero attached hydrogens (tertiary/aromatic N) is 3. The molecule has 0 spiro atoms. The molecular formula is C8H16N4.